The molecule has 0 aliphatic carbocycles. The molecule has 1 atom stereocenters. The van der Waals surface area contributed by atoms with Crippen LogP contribution in [0.4, 0.5) is 0 Å². The van der Waals surface area contributed by atoms with Crippen molar-refractivity contribution >= 4 is 23.5 Å². The molecule has 2 rings (SSSR count). The van der Waals surface area contributed by atoms with E-state index in [0.29, 0.717) is 23.9 Å². The van der Waals surface area contributed by atoms with E-state index in [2.05, 4.69) is 0 Å². The molecule has 6 heteroatoms. The SMILES string of the molecule is O=C(O)CC1CCCN(C(=O)COc2cccc(Cl)c2)C1. The standard InChI is InChI=1S/C15H18ClNO4/c16-12-4-1-5-13(8-12)21-10-14(18)17-6-2-3-11(9-17)7-15(19)20/h1,4-5,8,11H,2-3,6-7,9-10H2,(H,19,20). The molecule has 5 nitrogen and oxygen atoms in total. The van der Waals surface area contributed by atoms with Crippen LogP contribution in [-0.2, 0) is 9.59 Å². The molecule has 1 fully saturated rings. The third kappa shape index (κ3) is 4.93. The van der Waals surface area contributed by atoms with Crippen molar-refractivity contribution in [3.8, 4) is 5.75 Å². The zero-order chi connectivity index (χ0) is 15.2. The van der Waals surface area contributed by atoms with E-state index in [9.17, 15) is 9.59 Å². The third-order valence-corrected chi connectivity index (χ3v) is 3.73. The van der Waals surface area contributed by atoms with Gasteiger partial charge in [0.15, 0.2) is 6.61 Å². The highest BCUT2D eigenvalue weighted by Gasteiger charge is 2.25. The monoisotopic (exact) mass is 311 g/mol. The Labute approximate surface area is 128 Å². The van der Waals surface area contributed by atoms with Gasteiger partial charge in [0.25, 0.3) is 5.91 Å². The van der Waals surface area contributed by atoms with Crippen LogP contribution in [0, 0.1) is 5.92 Å². The number of piperidine rings is 1. The molecule has 1 aromatic rings. The highest BCUT2D eigenvalue weighted by molar-refractivity contribution is 6.30. The van der Waals surface area contributed by atoms with E-state index in [1.54, 1.807) is 29.2 Å². The number of benzene rings is 1. The van der Waals surface area contributed by atoms with Crippen LogP contribution in [0.5, 0.6) is 5.75 Å². The number of hydrogen-bond acceptors (Lipinski definition) is 3. The van der Waals surface area contributed by atoms with Gasteiger partial charge < -0.3 is 14.7 Å². The first kappa shape index (κ1) is 15.6. The van der Waals surface area contributed by atoms with Crippen molar-refractivity contribution in [2.45, 2.75) is 19.3 Å². The molecule has 1 aromatic carbocycles. The Morgan fingerprint density at radius 2 is 2.24 bits per heavy atom. The molecule has 0 saturated carbocycles. The van der Waals surface area contributed by atoms with Crippen LogP contribution in [0.3, 0.4) is 0 Å². The molecule has 1 saturated heterocycles. The number of carboxylic acid groups (broad SMARTS) is 1. The molecule has 21 heavy (non-hydrogen) atoms. The predicted molar refractivity (Wildman–Crippen MR) is 78.5 cm³/mol. The average molecular weight is 312 g/mol. The smallest absolute Gasteiger partial charge is 0.303 e. The van der Waals surface area contributed by atoms with Crippen LogP contribution in [-0.4, -0.2) is 41.6 Å². The molecule has 1 unspecified atom stereocenters. The number of halogens is 1. The predicted octanol–water partition coefficient (Wildman–Crippen LogP) is 2.43. The van der Waals surface area contributed by atoms with Gasteiger partial charge in [-0.2, -0.15) is 0 Å². The van der Waals surface area contributed by atoms with Crippen molar-refractivity contribution in [2.75, 3.05) is 19.7 Å². The normalized spacial score (nSPS) is 18.3. The van der Waals surface area contributed by atoms with E-state index in [0.717, 1.165) is 12.8 Å². The second-order valence-electron chi connectivity index (χ2n) is 5.19. The van der Waals surface area contributed by atoms with Gasteiger partial charge in [-0.25, -0.2) is 0 Å². The van der Waals surface area contributed by atoms with E-state index in [4.69, 9.17) is 21.4 Å². The first-order chi connectivity index (χ1) is 10.0. The third-order valence-electron chi connectivity index (χ3n) is 3.49. The van der Waals surface area contributed by atoms with Gasteiger partial charge in [-0.3, -0.25) is 9.59 Å². The second kappa shape index (κ2) is 7.31. The summed E-state index contributed by atoms with van der Waals surface area (Å²) in [4.78, 5) is 24.5. The van der Waals surface area contributed by atoms with E-state index < -0.39 is 5.97 Å². The van der Waals surface area contributed by atoms with Crippen molar-refractivity contribution in [2.24, 2.45) is 5.92 Å². The molecule has 1 amide bonds. The summed E-state index contributed by atoms with van der Waals surface area (Å²) in [6, 6.07) is 6.88. The summed E-state index contributed by atoms with van der Waals surface area (Å²) in [5.41, 5.74) is 0. The van der Waals surface area contributed by atoms with Gasteiger partial charge in [-0.15, -0.1) is 0 Å². The Bertz CT molecular complexity index is 520. The van der Waals surface area contributed by atoms with Gasteiger partial charge in [0.1, 0.15) is 5.75 Å². The summed E-state index contributed by atoms with van der Waals surface area (Å²) in [5.74, 6) is -0.351. The molecule has 1 aliphatic rings. The van der Waals surface area contributed by atoms with Crippen LogP contribution in [0.1, 0.15) is 19.3 Å². The summed E-state index contributed by atoms with van der Waals surface area (Å²) in [7, 11) is 0. The van der Waals surface area contributed by atoms with Gasteiger partial charge in [0.2, 0.25) is 0 Å². The Morgan fingerprint density at radius 1 is 1.43 bits per heavy atom. The van der Waals surface area contributed by atoms with Crippen LogP contribution in [0.15, 0.2) is 24.3 Å². The number of likely N-dealkylation sites (tertiary alicyclic amines) is 1. The fraction of sp³-hybridized carbons (Fsp3) is 0.467. The van der Waals surface area contributed by atoms with Crippen molar-refractivity contribution in [3.05, 3.63) is 29.3 Å². The maximum atomic E-state index is 12.1. The highest BCUT2D eigenvalue weighted by Crippen LogP contribution is 2.20. The number of rotatable bonds is 5. The summed E-state index contributed by atoms with van der Waals surface area (Å²) in [6.45, 7) is 1.10. The van der Waals surface area contributed by atoms with Gasteiger partial charge >= 0.3 is 5.97 Å². The maximum Gasteiger partial charge on any atom is 0.303 e. The van der Waals surface area contributed by atoms with Crippen LogP contribution < -0.4 is 4.74 Å². The Kier molecular flexibility index (Phi) is 5.44. The zero-order valence-electron chi connectivity index (χ0n) is 11.6. The minimum absolute atomic E-state index is 0.0337. The molecule has 0 radical (unpaired) electrons. The Balaban J connectivity index is 1.83. The summed E-state index contributed by atoms with van der Waals surface area (Å²) in [6.07, 6.45) is 1.80. The number of aliphatic carboxylic acids is 1. The molecule has 114 valence electrons. The van der Waals surface area contributed by atoms with Crippen molar-refractivity contribution in [1.82, 2.24) is 4.90 Å². The van der Waals surface area contributed by atoms with E-state index >= 15 is 0 Å². The lowest BCUT2D eigenvalue weighted by Gasteiger charge is -2.32. The van der Waals surface area contributed by atoms with Gasteiger partial charge in [-0.05, 0) is 37.0 Å². The van der Waals surface area contributed by atoms with Crippen molar-refractivity contribution < 1.29 is 19.4 Å². The lowest BCUT2D eigenvalue weighted by molar-refractivity contribution is -0.141. The second-order valence-corrected chi connectivity index (χ2v) is 5.63. The fourth-order valence-corrected chi connectivity index (χ4v) is 2.68. The fourth-order valence-electron chi connectivity index (χ4n) is 2.50. The number of carbonyl (C=O) groups is 2. The van der Waals surface area contributed by atoms with Gasteiger partial charge in [-0.1, -0.05) is 17.7 Å². The minimum atomic E-state index is -0.815. The first-order valence-corrected chi connectivity index (χ1v) is 7.30. The molecule has 0 bridgehead atoms. The van der Waals surface area contributed by atoms with Gasteiger partial charge in [0.05, 0.1) is 0 Å². The summed E-state index contributed by atoms with van der Waals surface area (Å²) >= 11 is 5.85. The number of carboxylic acids is 1. The molecular formula is C15H18ClNO4. The van der Waals surface area contributed by atoms with E-state index in [1.807, 2.05) is 0 Å². The van der Waals surface area contributed by atoms with Crippen LogP contribution in [0.2, 0.25) is 5.02 Å². The number of nitrogens with zero attached hydrogens (tertiary/aromatic N) is 1. The lowest BCUT2D eigenvalue weighted by Crippen LogP contribution is -2.42. The van der Waals surface area contributed by atoms with E-state index in [-0.39, 0.29) is 24.9 Å². The topological polar surface area (TPSA) is 66.8 Å². The summed E-state index contributed by atoms with van der Waals surface area (Å²) in [5, 5.41) is 9.38. The number of ether oxygens (including phenoxy) is 1. The number of amides is 1. The Hall–Kier alpha value is -1.75. The quantitative estimate of drug-likeness (QED) is 0.907. The van der Waals surface area contributed by atoms with E-state index in [1.165, 1.54) is 0 Å². The largest absolute Gasteiger partial charge is 0.484 e. The maximum absolute atomic E-state index is 12.1. The zero-order valence-corrected chi connectivity index (χ0v) is 12.4. The summed E-state index contributed by atoms with van der Waals surface area (Å²) < 4.78 is 5.43. The van der Waals surface area contributed by atoms with Crippen molar-refractivity contribution in [3.63, 3.8) is 0 Å². The molecule has 1 heterocycles. The number of hydrogen-bond donors (Lipinski definition) is 1. The van der Waals surface area contributed by atoms with Crippen LogP contribution in [0.25, 0.3) is 0 Å². The number of carbonyl (C=O) groups excluding carboxylic acids is 1. The van der Waals surface area contributed by atoms with Crippen molar-refractivity contribution in [1.29, 1.82) is 0 Å². The Morgan fingerprint density at radius 3 is 2.95 bits per heavy atom. The molecular weight excluding hydrogens is 294 g/mol. The lowest BCUT2D eigenvalue weighted by atomic mass is 9.95. The first-order valence-electron chi connectivity index (χ1n) is 6.92. The average Bonchev–Trinajstić information content (AvgIpc) is 2.44. The molecule has 1 N–H and O–H groups in total. The highest BCUT2D eigenvalue weighted by atomic mass is 35.5. The molecule has 1 aliphatic heterocycles. The van der Waals surface area contributed by atoms with Crippen LogP contribution >= 0.6 is 11.6 Å². The molecule has 0 spiro atoms. The molecule has 0 aromatic heterocycles. The van der Waals surface area contributed by atoms with Gasteiger partial charge in [0, 0.05) is 24.5 Å². The minimum Gasteiger partial charge on any atom is -0.484 e.